The normalized spacial score (nSPS) is 16.0. The van der Waals surface area contributed by atoms with Gasteiger partial charge in [0.1, 0.15) is 5.82 Å². The number of likely N-dealkylation sites (tertiary alicyclic amines) is 1. The number of carbonyl (C=O) groups is 1. The Kier molecular flexibility index (Phi) is 5.35. The Morgan fingerprint density at radius 1 is 1.22 bits per heavy atom. The third kappa shape index (κ3) is 4.36. The Bertz CT molecular complexity index is 665. The molecule has 0 bridgehead atoms. The van der Waals surface area contributed by atoms with Crippen molar-refractivity contribution in [1.29, 1.82) is 0 Å². The Labute approximate surface area is 139 Å². The number of anilines is 1. The van der Waals surface area contributed by atoms with Crippen molar-refractivity contribution in [1.82, 2.24) is 9.88 Å². The van der Waals surface area contributed by atoms with Crippen molar-refractivity contribution in [3.05, 3.63) is 46.7 Å². The van der Waals surface area contributed by atoms with Crippen molar-refractivity contribution in [3.8, 4) is 0 Å². The summed E-state index contributed by atoms with van der Waals surface area (Å²) in [6.45, 7) is 3.02. The van der Waals surface area contributed by atoms with Crippen molar-refractivity contribution in [3.63, 3.8) is 0 Å². The number of hydrogen-bond acceptors (Lipinski definition) is 4. The second-order valence-corrected chi connectivity index (χ2v) is 6.63. The van der Waals surface area contributed by atoms with Crippen LogP contribution in [-0.4, -0.2) is 28.9 Å². The maximum atomic E-state index is 13.6. The zero-order valence-electron chi connectivity index (χ0n) is 12.9. The SMILES string of the molecule is O=C(Nc1nc(CN2CCCCCC2)cs1)c1ccccc1F. The highest BCUT2D eigenvalue weighted by Gasteiger charge is 2.14. The minimum Gasteiger partial charge on any atom is -0.298 e. The molecule has 1 aromatic heterocycles. The number of nitrogens with zero attached hydrogens (tertiary/aromatic N) is 2. The van der Waals surface area contributed by atoms with Gasteiger partial charge >= 0.3 is 0 Å². The van der Waals surface area contributed by atoms with Gasteiger partial charge in [0.2, 0.25) is 0 Å². The fourth-order valence-corrected chi connectivity index (χ4v) is 3.47. The zero-order valence-corrected chi connectivity index (χ0v) is 13.7. The van der Waals surface area contributed by atoms with E-state index in [1.807, 2.05) is 5.38 Å². The number of aromatic nitrogens is 1. The van der Waals surface area contributed by atoms with Crippen LogP contribution in [0.15, 0.2) is 29.6 Å². The summed E-state index contributed by atoms with van der Waals surface area (Å²) in [7, 11) is 0. The van der Waals surface area contributed by atoms with Gasteiger partial charge in [-0.2, -0.15) is 0 Å². The van der Waals surface area contributed by atoms with Crippen molar-refractivity contribution in [2.75, 3.05) is 18.4 Å². The van der Waals surface area contributed by atoms with Crippen LogP contribution in [-0.2, 0) is 6.54 Å². The summed E-state index contributed by atoms with van der Waals surface area (Å²) in [5.74, 6) is -0.981. The Hall–Kier alpha value is -1.79. The first-order valence-electron chi connectivity index (χ1n) is 7.95. The lowest BCUT2D eigenvalue weighted by atomic mass is 10.2. The lowest BCUT2D eigenvalue weighted by molar-refractivity contribution is 0.102. The summed E-state index contributed by atoms with van der Waals surface area (Å²) >= 11 is 1.38. The van der Waals surface area contributed by atoms with Crippen LogP contribution in [0.1, 0.15) is 41.7 Å². The molecule has 0 radical (unpaired) electrons. The van der Waals surface area contributed by atoms with Crippen molar-refractivity contribution in [2.24, 2.45) is 0 Å². The molecule has 0 aliphatic carbocycles. The average molecular weight is 333 g/mol. The minimum absolute atomic E-state index is 0.0387. The first-order valence-corrected chi connectivity index (χ1v) is 8.83. The number of nitrogens with one attached hydrogen (secondary N) is 1. The molecule has 0 atom stereocenters. The molecule has 1 N–H and O–H groups in total. The zero-order chi connectivity index (χ0) is 16.1. The molecule has 1 aromatic carbocycles. The van der Waals surface area contributed by atoms with E-state index in [1.165, 1.54) is 49.2 Å². The van der Waals surface area contributed by atoms with E-state index >= 15 is 0 Å². The molecule has 0 saturated carbocycles. The number of hydrogen-bond donors (Lipinski definition) is 1. The first-order chi connectivity index (χ1) is 11.2. The van der Waals surface area contributed by atoms with Gasteiger partial charge in [0.05, 0.1) is 11.3 Å². The number of carbonyl (C=O) groups excluding carboxylic acids is 1. The third-order valence-electron chi connectivity index (χ3n) is 3.97. The van der Waals surface area contributed by atoms with Crippen LogP contribution >= 0.6 is 11.3 Å². The topological polar surface area (TPSA) is 45.2 Å². The molecule has 2 heterocycles. The van der Waals surface area contributed by atoms with E-state index in [9.17, 15) is 9.18 Å². The summed E-state index contributed by atoms with van der Waals surface area (Å²) in [6.07, 6.45) is 5.08. The highest BCUT2D eigenvalue weighted by molar-refractivity contribution is 7.13. The molecular weight excluding hydrogens is 313 g/mol. The highest BCUT2D eigenvalue weighted by Crippen LogP contribution is 2.20. The quantitative estimate of drug-likeness (QED) is 0.922. The predicted molar refractivity (Wildman–Crippen MR) is 90.2 cm³/mol. The monoisotopic (exact) mass is 333 g/mol. The lowest BCUT2D eigenvalue weighted by Gasteiger charge is -2.17. The standard InChI is InChI=1S/C17H20FN3OS/c18-15-8-4-3-7-14(15)16(22)20-17-19-13(12-23-17)11-21-9-5-1-2-6-10-21/h3-4,7-8,12H,1-2,5-6,9-11H2,(H,19,20,22). The summed E-state index contributed by atoms with van der Waals surface area (Å²) in [5, 5.41) is 5.16. The van der Waals surface area contributed by atoms with Gasteiger partial charge < -0.3 is 0 Å². The predicted octanol–water partition coefficient (Wildman–Crippen LogP) is 3.91. The van der Waals surface area contributed by atoms with Gasteiger partial charge in [-0.3, -0.25) is 15.0 Å². The molecule has 2 aromatic rings. The molecule has 4 nitrogen and oxygen atoms in total. The van der Waals surface area contributed by atoms with Crippen LogP contribution in [0.2, 0.25) is 0 Å². The van der Waals surface area contributed by atoms with Crippen LogP contribution in [0.3, 0.4) is 0 Å². The van der Waals surface area contributed by atoms with Crippen LogP contribution in [0.4, 0.5) is 9.52 Å². The van der Waals surface area contributed by atoms with E-state index in [-0.39, 0.29) is 5.56 Å². The average Bonchev–Trinajstić information content (AvgIpc) is 2.81. The summed E-state index contributed by atoms with van der Waals surface area (Å²) in [6, 6.07) is 5.96. The molecular formula is C17H20FN3OS. The van der Waals surface area contributed by atoms with E-state index in [1.54, 1.807) is 12.1 Å². The molecule has 0 unspecified atom stereocenters. The fourth-order valence-electron chi connectivity index (χ4n) is 2.77. The van der Waals surface area contributed by atoms with Gasteiger partial charge in [-0.05, 0) is 38.1 Å². The van der Waals surface area contributed by atoms with Crippen molar-refractivity contribution < 1.29 is 9.18 Å². The maximum absolute atomic E-state index is 13.6. The Balaban J connectivity index is 1.60. The van der Waals surface area contributed by atoms with Crippen LogP contribution in [0, 0.1) is 5.82 Å². The summed E-state index contributed by atoms with van der Waals surface area (Å²) in [5.41, 5.74) is 0.998. The van der Waals surface area contributed by atoms with Crippen LogP contribution in [0.5, 0.6) is 0 Å². The molecule has 0 spiro atoms. The molecule has 1 aliphatic heterocycles. The fraction of sp³-hybridized carbons (Fsp3) is 0.412. The van der Waals surface area contributed by atoms with Crippen LogP contribution in [0.25, 0.3) is 0 Å². The molecule has 122 valence electrons. The van der Waals surface area contributed by atoms with Crippen molar-refractivity contribution >= 4 is 22.4 Å². The number of benzene rings is 1. The molecule has 1 fully saturated rings. The second kappa shape index (κ2) is 7.66. The number of rotatable bonds is 4. The van der Waals surface area contributed by atoms with Gasteiger partial charge in [-0.25, -0.2) is 9.37 Å². The molecule has 23 heavy (non-hydrogen) atoms. The Morgan fingerprint density at radius 3 is 2.70 bits per heavy atom. The largest absolute Gasteiger partial charge is 0.298 e. The second-order valence-electron chi connectivity index (χ2n) is 5.77. The lowest BCUT2D eigenvalue weighted by Crippen LogP contribution is -2.24. The Morgan fingerprint density at radius 2 is 1.96 bits per heavy atom. The van der Waals surface area contributed by atoms with E-state index < -0.39 is 11.7 Å². The van der Waals surface area contributed by atoms with E-state index in [4.69, 9.17) is 0 Å². The molecule has 1 saturated heterocycles. The maximum Gasteiger partial charge on any atom is 0.260 e. The smallest absolute Gasteiger partial charge is 0.260 e. The van der Waals surface area contributed by atoms with E-state index in [0.717, 1.165) is 25.3 Å². The van der Waals surface area contributed by atoms with Gasteiger partial charge in [0, 0.05) is 11.9 Å². The molecule has 6 heteroatoms. The summed E-state index contributed by atoms with van der Waals surface area (Å²) < 4.78 is 13.6. The molecule has 3 rings (SSSR count). The van der Waals surface area contributed by atoms with E-state index in [2.05, 4.69) is 15.2 Å². The molecule has 1 amide bonds. The summed E-state index contributed by atoms with van der Waals surface area (Å²) in [4.78, 5) is 18.9. The number of halogens is 1. The van der Waals surface area contributed by atoms with E-state index in [0.29, 0.717) is 5.13 Å². The highest BCUT2D eigenvalue weighted by atomic mass is 32.1. The van der Waals surface area contributed by atoms with Crippen LogP contribution < -0.4 is 5.32 Å². The van der Waals surface area contributed by atoms with Gasteiger partial charge in [-0.1, -0.05) is 25.0 Å². The van der Waals surface area contributed by atoms with Gasteiger partial charge in [0.25, 0.3) is 5.91 Å². The third-order valence-corrected chi connectivity index (χ3v) is 4.78. The minimum atomic E-state index is -0.522. The van der Waals surface area contributed by atoms with Gasteiger partial charge in [-0.15, -0.1) is 11.3 Å². The van der Waals surface area contributed by atoms with Crippen molar-refractivity contribution in [2.45, 2.75) is 32.2 Å². The first kappa shape index (κ1) is 16.1. The van der Waals surface area contributed by atoms with Gasteiger partial charge in [0.15, 0.2) is 5.13 Å². The number of amides is 1. The molecule has 1 aliphatic rings. The number of thiazole rings is 1.